The Kier molecular flexibility index (Phi) is 7.37. The molecule has 156 valence electrons. The molecule has 0 aromatic heterocycles. The molecule has 1 heterocycles. The van der Waals surface area contributed by atoms with Crippen LogP contribution in [0.25, 0.3) is 0 Å². The molecule has 0 bridgehead atoms. The second kappa shape index (κ2) is 9.77. The zero-order valence-corrected chi connectivity index (χ0v) is 17.8. The fourth-order valence-electron chi connectivity index (χ4n) is 3.27. The average Bonchev–Trinajstić information content (AvgIpc) is 2.90. The highest BCUT2D eigenvalue weighted by molar-refractivity contribution is 7.80. The van der Waals surface area contributed by atoms with Crippen molar-refractivity contribution in [1.29, 1.82) is 0 Å². The van der Waals surface area contributed by atoms with E-state index in [9.17, 15) is 14.1 Å². The van der Waals surface area contributed by atoms with Gasteiger partial charge < -0.3 is 10.0 Å². The van der Waals surface area contributed by atoms with E-state index in [4.69, 9.17) is 27.8 Å². The van der Waals surface area contributed by atoms with Gasteiger partial charge in [0.15, 0.2) is 0 Å². The van der Waals surface area contributed by atoms with E-state index in [1.54, 1.807) is 35.2 Å². The number of hydrogen-bond donors (Lipinski definition) is 3. The lowest BCUT2D eigenvalue weighted by atomic mass is 10.2. The molecule has 1 amide bonds. The summed E-state index contributed by atoms with van der Waals surface area (Å²) in [6.07, 6.45) is 0.793. The number of carbonyl (C=O) groups is 1. The summed E-state index contributed by atoms with van der Waals surface area (Å²) in [5, 5.41) is 10.9. The van der Waals surface area contributed by atoms with E-state index in [1.807, 2.05) is 0 Å². The van der Waals surface area contributed by atoms with Crippen molar-refractivity contribution < 1.29 is 18.7 Å². The Labute approximate surface area is 181 Å². The van der Waals surface area contributed by atoms with Crippen molar-refractivity contribution in [2.75, 3.05) is 30.9 Å². The van der Waals surface area contributed by atoms with Gasteiger partial charge in [0.1, 0.15) is 5.75 Å². The number of nitrogens with zero attached hydrogens (tertiary/aromatic N) is 2. The quantitative estimate of drug-likeness (QED) is 0.596. The number of halogens is 2. The van der Waals surface area contributed by atoms with Gasteiger partial charge >= 0.3 is 0 Å². The highest BCUT2D eigenvalue weighted by atomic mass is 35.5. The minimum absolute atomic E-state index is 0.0668. The number of hydrogen-bond acceptors (Lipinski definition) is 4. The van der Waals surface area contributed by atoms with Crippen LogP contribution < -0.4 is 4.72 Å². The SMILES string of the molecule is O=C(c1ccc(NS(=O)O)cc1)N1CCCN(Cc2c(O)cc(Cl)cc2Cl)CC1. The van der Waals surface area contributed by atoms with Crippen molar-refractivity contribution in [1.82, 2.24) is 9.80 Å². The minimum atomic E-state index is -2.15. The summed E-state index contributed by atoms with van der Waals surface area (Å²) in [6, 6.07) is 9.53. The number of carbonyl (C=O) groups excluding carboxylic acids is 1. The van der Waals surface area contributed by atoms with Crippen molar-refractivity contribution in [3.8, 4) is 5.75 Å². The number of anilines is 1. The third-order valence-electron chi connectivity index (χ3n) is 4.73. The van der Waals surface area contributed by atoms with Crippen LogP contribution in [-0.2, 0) is 17.8 Å². The lowest BCUT2D eigenvalue weighted by molar-refractivity contribution is 0.0761. The molecular weight excluding hydrogens is 437 g/mol. The Morgan fingerprint density at radius 2 is 1.83 bits per heavy atom. The van der Waals surface area contributed by atoms with Crippen molar-refractivity contribution in [3.05, 3.63) is 57.6 Å². The molecule has 1 aliphatic heterocycles. The molecule has 1 saturated heterocycles. The third-order valence-corrected chi connectivity index (χ3v) is 5.70. The first-order valence-corrected chi connectivity index (χ1v) is 10.9. The summed E-state index contributed by atoms with van der Waals surface area (Å²) >= 11 is 9.98. The van der Waals surface area contributed by atoms with Crippen LogP contribution in [0.3, 0.4) is 0 Å². The van der Waals surface area contributed by atoms with Crippen LogP contribution in [0.1, 0.15) is 22.3 Å². The lowest BCUT2D eigenvalue weighted by Crippen LogP contribution is -2.35. The van der Waals surface area contributed by atoms with Crippen molar-refractivity contribution in [2.24, 2.45) is 0 Å². The van der Waals surface area contributed by atoms with E-state index in [0.29, 0.717) is 53.0 Å². The van der Waals surface area contributed by atoms with E-state index in [2.05, 4.69) is 9.62 Å². The van der Waals surface area contributed by atoms with E-state index >= 15 is 0 Å². The van der Waals surface area contributed by atoms with Crippen LogP contribution in [0.15, 0.2) is 36.4 Å². The van der Waals surface area contributed by atoms with Gasteiger partial charge in [-0.3, -0.25) is 19.0 Å². The maximum atomic E-state index is 12.8. The highest BCUT2D eigenvalue weighted by Gasteiger charge is 2.22. The standard InChI is InChI=1S/C19H21Cl2N3O4S/c20-14-10-17(21)16(18(25)11-14)12-23-6-1-7-24(9-8-23)19(26)13-2-4-15(5-3-13)22-29(27)28/h2-5,10-11,22,25H,1,6-9,12H2,(H,27,28). The predicted octanol–water partition coefficient (Wildman–Crippen LogP) is 3.60. The molecule has 29 heavy (non-hydrogen) atoms. The molecule has 1 fully saturated rings. The molecule has 1 unspecified atom stereocenters. The first-order chi connectivity index (χ1) is 13.8. The van der Waals surface area contributed by atoms with Crippen LogP contribution in [-0.4, -0.2) is 55.8 Å². The largest absolute Gasteiger partial charge is 0.508 e. The molecule has 0 aliphatic carbocycles. The van der Waals surface area contributed by atoms with Crippen molar-refractivity contribution in [2.45, 2.75) is 13.0 Å². The van der Waals surface area contributed by atoms with E-state index in [-0.39, 0.29) is 11.7 Å². The molecule has 2 aromatic carbocycles. The average molecular weight is 458 g/mol. The Bertz CT molecular complexity index is 888. The summed E-state index contributed by atoms with van der Waals surface area (Å²) in [4.78, 5) is 16.7. The molecule has 0 spiro atoms. The van der Waals surface area contributed by atoms with Crippen LogP contribution in [0.4, 0.5) is 5.69 Å². The first kappa shape index (κ1) is 21.9. The molecule has 1 aliphatic rings. The van der Waals surface area contributed by atoms with Gasteiger partial charge in [-0.2, -0.15) is 0 Å². The number of phenolic OH excluding ortho intramolecular Hbond substituents is 1. The zero-order chi connectivity index (χ0) is 21.0. The maximum absolute atomic E-state index is 12.8. The van der Waals surface area contributed by atoms with Gasteiger partial charge in [-0.1, -0.05) is 23.2 Å². The molecule has 2 aromatic rings. The van der Waals surface area contributed by atoms with Crippen molar-refractivity contribution in [3.63, 3.8) is 0 Å². The molecule has 3 N–H and O–H groups in total. The minimum Gasteiger partial charge on any atom is -0.508 e. The topological polar surface area (TPSA) is 93.1 Å². The monoisotopic (exact) mass is 457 g/mol. The van der Waals surface area contributed by atoms with E-state index in [0.717, 1.165) is 13.0 Å². The summed E-state index contributed by atoms with van der Waals surface area (Å²) in [5.74, 6) is -0.0203. The Morgan fingerprint density at radius 3 is 2.48 bits per heavy atom. The van der Waals surface area contributed by atoms with E-state index in [1.165, 1.54) is 6.07 Å². The molecule has 10 heteroatoms. The molecule has 1 atom stereocenters. The number of phenols is 1. The van der Waals surface area contributed by atoms with Gasteiger partial charge in [-0.25, -0.2) is 4.21 Å². The van der Waals surface area contributed by atoms with Gasteiger partial charge in [-0.05, 0) is 42.8 Å². The third kappa shape index (κ3) is 5.83. The smallest absolute Gasteiger partial charge is 0.259 e. The lowest BCUT2D eigenvalue weighted by Gasteiger charge is -2.23. The number of amides is 1. The van der Waals surface area contributed by atoms with Crippen LogP contribution in [0.5, 0.6) is 5.75 Å². The summed E-state index contributed by atoms with van der Waals surface area (Å²) in [5.41, 5.74) is 1.61. The van der Waals surface area contributed by atoms with Gasteiger partial charge in [0, 0.05) is 54.6 Å². The second-order valence-corrected chi connectivity index (χ2v) is 8.28. The van der Waals surface area contributed by atoms with Gasteiger partial charge in [0.2, 0.25) is 0 Å². The summed E-state index contributed by atoms with van der Waals surface area (Å²) in [7, 11) is 0. The number of aromatic hydroxyl groups is 1. The summed E-state index contributed by atoms with van der Waals surface area (Å²) in [6.45, 7) is 3.06. The summed E-state index contributed by atoms with van der Waals surface area (Å²) < 4.78 is 22.0. The fourth-order valence-corrected chi connectivity index (χ4v) is 4.15. The number of nitrogens with one attached hydrogen (secondary N) is 1. The van der Waals surface area contributed by atoms with Crippen LogP contribution in [0, 0.1) is 0 Å². The molecular formula is C19H21Cl2N3O4S. The fraction of sp³-hybridized carbons (Fsp3) is 0.316. The second-order valence-electron chi connectivity index (χ2n) is 6.74. The maximum Gasteiger partial charge on any atom is 0.259 e. The van der Waals surface area contributed by atoms with Crippen molar-refractivity contribution >= 4 is 46.1 Å². The molecule has 0 radical (unpaired) electrons. The number of benzene rings is 2. The Morgan fingerprint density at radius 1 is 1.10 bits per heavy atom. The molecule has 0 saturated carbocycles. The normalized spacial score (nSPS) is 16.3. The van der Waals surface area contributed by atoms with Gasteiger partial charge in [0.05, 0.1) is 5.02 Å². The van der Waals surface area contributed by atoms with Gasteiger partial charge in [-0.15, -0.1) is 0 Å². The first-order valence-electron chi connectivity index (χ1n) is 8.99. The Balaban J connectivity index is 1.62. The highest BCUT2D eigenvalue weighted by Crippen LogP contribution is 2.31. The Hall–Kier alpha value is -1.84. The van der Waals surface area contributed by atoms with Crippen LogP contribution in [0.2, 0.25) is 10.0 Å². The number of rotatable bonds is 5. The predicted molar refractivity (Wildman–Crippen MR) is 115 cm³/mol. The zero-order valence-electron chi connectivity index (χ0n) is 15.5. The van der Waals surface area contributed by atoms with Crippen LogP contribution >= 0.6 is 23.2 Å². The van der Waals surface area contributed by atoms with Gasteiger partial charge in [0.25, 0.3) is 17.2 Å². The molecule has 7 nitrogen and oxygen atoms in total. The molecule has 3 rings (SSSR count). The van der Waals surface area contributed by atoms with E-state index < -0.39 is 11.3 Å².